The number of hydrogen-bond acceptors (Lipinski definition) is 7. The largest absolute Gasteiger partial charge is 0.477 e. The summed E-state index contributed by atoms with van der Waals surface area (Å²) in [6.45, 7) is 1.06. The second kappa shape index (κ2) is 9.36. The lowest BCUT2D eigenvalue weighted by atomic mass is 10.0. The molecule has 1 aromatic rings. The second-order valence-corrected chi connectivity index (χ2v) is 8.56. The Labute approximate surface area is 176 Å². The topological polar surface area (TPSA) is 113 Å². The minimum Gasteiger partial charge on any atom is -0.477 e. The van der Waals surface area contributed by atoms with Crippen LogP contribution in [0.4, 0.5) is 0 Å². The number of ether oxygens (including phenoxy) is 1. The highest BCUT2D eigenvalue weighted by Crippen LogP contribution is 2.40. The predicted octanol–water partition coefficient (Wildman–Crippen LogP) is 1.22. The van der Waals surface area contributed by atoms with Gasteiger partial charge in [0.05, 0.1) is 5.75 Å². The minimum absolute atomic E-state index is 0.163. The zero-order chi connectivity index (χ0) is 21.0. The van der Waals surface area contributed by atoms with E-state index in [0.29, 0.717) is 17.1 Å². The number of carboxylic acid groups (broad SMARTS) is 1. The van der Waals surface area contributed by atoms with E-state index >= 15 is 0 Å². The molecule has 0 radical (unpaired) electrons. The molecule has 2 atom stereocenters. The molecule has 0 spiro atoms. The maximum Gasteiger partial charge on any atom is 0.352 e. The van der Waals surface area contributed by atoms with Gasteiger partial charge in [-0.3, -0.25) is 19.3 Å². The molecule has 1 aromatic carbocycles. The van der Waals surface area contributed by atoms with Crippen molar-refractivity contribution in [2.75, 3.05) is 18.1 Å². The molecule has 2 N–H and O–H groups in total. The van der Waals surface area contributed by atoms with Crippen LogP contribution in [-0.2, 0) is 29.7 Å². The van der Waals surface area contributed by atoms with Crippen LogP contribution >= 0.6 is 23.5 Å². The molecule has 3 rings (SSSR count). The summed E-state index contributed by atoms with van der Waals surface area (Å²) in [7, 11) is 0. The maximum absolute atomic E-state index is 12.5. The van der Waals surface area contributed by atoms with Crippen molar-refractivity contribution in [1.29, 1.82) is 0 Å². The summed E-state index contributed by atoms with van der Waals surface area (Å²) >= 11 is 2.78. The third-order valence-corrected chi connectivity index (χ3v) is 6.70. The van der Waals surface area contributed by atoms with Gasteiger partial charge >= 0.3 is 11.9 Å². The lowest BCUT2D eigenvalue weighted by Crippen LogP contribution is -2.70. The van der Waals surface area contributed by atoms with Gasteiger partial charge in [-0.15, -0.1) is 23.5 Å². The number of rotatable bonds is 8. The first-order valence-electron chi connectivity index (χ1n) is 8.83. The van der Waals surface area contributed by atoms with Crippen LogP contribution in [0.5, 0.6) is 0 Å². The van der Waals surface area contributed by atoms with Crippen molar-refractivity contribution in [3.8, 4) is 0 Å². The molecule has 8 nitrogen and oxygen atoms in total. The Hall–Kier alpha value is -2.46. The van der Waals surface area contributed by atoms with Gasteiger partial charge in [-0.2, -0.15) is 0 Å². The summed E-state index contributed by atoms with van der Waals surface area (Å²) in [5, 5.41) is 11.7. The average Bonchev–Trinajstić information content (AvgIpc) is 2.70. The number of carbonyl (C=O) groups is 4. The lowest BCUT2D eigenvalue weighted by Gasteiger charge is -2.49. The van der Waals surface area contributed by atoms with Crippen molar-refractivity contribution >= 4 is 47.3 Å². The highest BCUT2D eigenvalue weighted by molar-refractivity contribution is 8.00. The van der Waals surface area contributed by atoms with E-state index in [9.17, 15) is 24.3 Å². The first-order valence-corrected chi connectivity index (χ1v) is 11.0. The van der Waals surface area contributed by atoms with Gasteiger partial charge < -0.3 is 15.2 Å². The highest BCUT2D eigenvalue weighted by atomic mass is 32.2. The number of carboxylic acids is 1. The van der Waals surface area contributed by atoms with E-state index in [1.807, 2.05) is 30.3 Å². The fraction of sp³-hybridized carbons (Fsp3) is 0.368. The van der Waals surface area contributed by atoms with Crippen molar-refractivity contribution in [2.24, 2.45) is 0 Å². The Morgan fingerprint density at radius 3 is 2.69 bits per heavy atom. The Bertz CT molecular complexity index is 858. The van der Waals surface area contributed by atoms with Crippen LogP contribution in [0.2, 0.25) is 0 Å². The monoisotopic (exact) mass is 436 g/mol. The van der Waals surface area contributed by atoms with Crippen molar-refractivity contribution in [2.45, 2.75) is 24.1 Å². The second-order valence-electron chi connectivity index (χ2n) is 6.47. The van der Waals surface area contributed by atoms with Gasteiger partial charge in [0.15, 0.2) is 0 Å². The van der Waals surface area contributed by atoms with E-state index in [-0.39, 0.29) is 24.0 Å². The summed E-state index contributed by atoms with van der Waals surface area (Å²) < 4.78 is 4.89. The van der Waals surface area contributed by atoms with Gasteiger partial charge in [0.25, 0.3) is 5.91 Å². The number of benzene rings is 1. The van der Waals surface area contributed by atoms with E-state index in [0.717, 1.165) is 10.5 Å². The van der Waals surface area contributed by atoms with Gasteiger partial charge in [-0.1, -0.05) is 30.3 Å². The SMILES string of the molecule is CC(=O)OCC1=C(C(=O)O)N2C(=O)C(NC(=O)CSCc3ccccc3)C2SC1. The fourth-order valence-electron chi connectivity index (χ4n) is 3.03. The van der Waals surface area contributed by atoms with Crippen LogP contribution in [0.1, 0.15) is 12.5 Å². The smallest absolute Gasteiger partial charge is 0.352 e. The van der Waals surface area contributed by atoms with Gasteiger partial charge in [-0.25, -0.2) is 4.79 Å². The van der Waals surface area contributed by atoms with Gasteiger partial charge in [0.1, 0.15) is 23.7 Å². The number of carbonyl (C=O) groups excluding carboxylic acids is 3. The van der Waals surface area contributed by atoms with E-state index in [4.69, 9.17) is 4.74 Å². The summed E-state index contributed by atoms with van der Waals surface area (Å²) in [4.78, 5) is 48.6. The molecular formula is C19H20N2O6S2. The van der Waals surface area contributed by atoms with Crippen molar-refractivity contribution in [3.63, 3.8) is 0 Å². The molecule has 0 saturated carbocycles. The molecule has 2 heterocycles. The number of esters is 1. The molecule has 2 amide bonds. The van der Waals surface area contributed by atoms with Crippen LogP contribution in [-0.4, -0.2) is 63.3 Å². The van der Waals surface area contributed by atoms with Crippen LogP contribution in [0.15, 0.2) is 41.6 Å². The number of aliphatic carboxylic acids is 1. The highest BCUT2D eigenvalue weighted by Gasteiger charge is 2.54. The number of nitrogens with one attached hydrogen (secondary N) is 1. The molecule has 154 valence electrons. The number of thioether (sulfide) groups is 2. The van der Waals surface area contributed by atoms with E-state index in [2.05, 4.69) is 5.32 Å². The molecule has 10 heteroatoms. The Morgan fingerprint density at radius 1 is 1.31 bits per heavy atom. The van der Waals surface area contributed by atoms with Crippen LogP contribution in [0.25, 0.3) is 0 Å². The molecule has 2 unspecified atom stereocenters. The van der Waals surface area contributed by atoms with Crippen LogP contribution in [0, 0.1) is 0 Å². The zero-order valence-electron chi connectivity index (χ0n) is 15.6. The first-order chi connectivity index (χ1) is 13.9. The minimum atomic E-state index is -1.26. The Balaban J connectivity index is 1.56. The molecule has 1 saturated heterocycles. The third kappa shape index (κ3) is 4.94. The molecule has 0 aliphatic carbocycles. The van der Waals surface area contributed by atoms with Gasteiger partial charge in [0, 0.05) is 24.0 Å². The van der Waals surface area contributed by atoms with Crippen molar-refractivity contribution in [3.05, 3.63) is 47.2 Å². The van der Waals surface area contributed by atoms with Crippen molar-refractivity contribution < 1.29 is 29.0 Å². The number of fused-ring (bicyclic) bond motifs is 1. The number of hydrogen-bond donors (Lipinski definition) is 2. The number of β-lactam (4-membered cyclic amide) rings is 1. The molecule has 29 heavy (non-hydrogen) atoms. The van der Waals surface area contributed by atoms with Crippen LogP contribution < -0.4 is 5.32 Å². The Morgan fingerprint density at radius 2 is 2.03 bits per heavy atom. The van der Waals surface area contributed by atoms with Gasteiger partial charge in [-0.05, 0) is 5.56 Å². The molecule has 0 bridgehead atoms. The normalized spacial score (nSPS) is 20.6. The molecular weight excluding hydrogens is 416 g/mol. The van der Waals surface area contributed by atoms with E-state index in [1.165, 1.54) is 30.4 Å². The molecule has 1 fully saturated rings. The molecule has 2 aliphatic rings. The average molecular weight is 437 g/mol. The fourth-order valence-corrected chi connectivity index (χ4v) is 5.16. The Kier molecular flexibility index (Phi) is 6.86. The summed E-state index contributed by atoms with van der Waals surface area (Å²) in [6, 6.07) is 8.99. The predicted molar refractivity (Wildman–Crippen MR) is 109 cm³/mol. The van der Waals surface area contributed by atoms with Crippen molar-refractivity contribution in [1.82, 2.24) is 10.2 Å². The number of nitrogens with zero attached hydrogens (tertiary/aromatic N) is 1. The first kappa shape index (κ1) is 21.3. The molecule has 0 aromatic heterocycles. The van der Waals surface area contributed by atoms with Crippen LogP contribution in [0.3, 0.4) is 0 Å². The summed E-state index contributed by atoms with van der Waals surface area (Å²) in [5.41, 5.74) is 1.31. The summed E-state index contributed by atoms with van der Waals surface area (Å²) in [6.07, 6.45) is 0. The maximum atomic E-state index is 12.5. The summed E-state index contributed by atoms with van der Waals surface area (Å²) in [5.74, 6) is -1.33. The quantitative estimate of drug-likeness (QED) is 0.462. The third-order valence-electron chi connectivity index (χ3n) is 4.36. The van der Waals surface area contributed by atoms with E-state index in [1.54, 1.807) is 0 Å². The molecule has 2 aliphatic heterocycles. The lowest BCUT2D eigenvalue weighted by molar-refractivity contribution is -0.150. The number of amides is 2. The van der Waals surface area contributed by atoms with Gasteiger partial charge in [0.2, 0.25) is 5.91 Å². The zero-order valence-corrected chi connectivity index (χ0v) is 17.3. The standard InChI is InChI=1S/C19H20N2O6S2/c1-11(22)27-7-13-9-29-18-15(17(24)21(18)16(13)19(25)26)20-14(23)10-28-8-12-5-3-2-4-6-12/h2-6,15,18H,7-10H2,1H3,(H,20,23)(H,25,26). The van der Waals surface area contributed by atoms with E-state index < -0.39 is 29.3 Å².